The Balaban J connectivity index is 2.04. The first-order chi connectivity index (χ1) is 13.2. The number of carbonyl (C=O) groups is 2. The molecule has 144 valence electrons. The van der Waals surface area contributed by atoms with Crippen molar-refractivity contribution in [2.45, 2.75) is 0 Å². The Morgan fingerprint density at radius 1 is 1.32 bits per heavy atom. The van der Waals surface area contributed by atoms with Gasteiger partial charge >= 0.3 is 0 Å². The zero-order valence-electron chi connectivity index (χ0n) is 14.1. The van der Waals surface area contributed by atoms with Crippen molar-refractivity contribution in [2.75, 3.05) is 12.1 Å². The van der Waals surface area contributed by atoms with Gasteiger partial charge in [0.05, 0.1) is 28.8 Å². The van der Waals surface area contributed by atoms with E-state index >= 15 is 0 Å². The third-order valence-electron chi connectivity index (χ3n) is 3.87. The molecule has 0 bridgehead atoms. The molecule has 3 rings (SSSR count). The van der Waals surface area contributed by atoms with Crippen molar-refractivity contribution in [2.24, 2.45) is 0 Å². The minimum Gasteiger partial charge on any atom is -0.504 e. The summed E-state index contributed by atoms with van der Waals surface area (Å²) >= 11 is 5.69. The topological polar surface area (TPSA) is 122 Å². The second-order valence-electron chi connectivity index (χ2n) is 5.58. The first-order valence-electron chi connectivity index (χ1n) is 7.60. The molecular weight excluding hydrogens is 397 g/mol. The van der Waals surface area contributed by atoms with Crippen LogP contribution in [0.3, 0.4) is 0 Å². The van der Waals surface area contributed by atoms with E-state index < -0.39 is 39.6 Å². The van der Waals surface area contributed by atoms with E-state index in [4.69, 9.17) is 16.3 Å². The van der Waals surface area contributed by atoms with Crippen LogP contribution in [-0.2, 0) is 9.59 Å². The lowest BCUT2D eigenvalue weighted by atomic mass is 10.1. The normalized spacial score (nSPS) is 15.1. The maximum absolute atomic E-state index is 13.3. The van der Waals surface area contributed by atoms with Crippen molar-refractivity contribution < 1.29 is 28.7 Å². The lowest BCUT2D eigenvalue weighted by Gasteiger charge is -2.14. The molecule has 9 nitrogen and oxygen atoms in total. The van der Waals surface area contributed by atoms with Crippen molar-refractivity contribution >= 4 is 40.9 Å². The summed E-state index contributed by atoms with van der Waals surface area (Å²) in [5.74, 6) is -3.03. The minimum absolute atomic E-state index is 0.106. The van der Waals surface area contributed by atoms with Gasteiger partial charge in [-0.1, -0.05) is 11.6 Å². The number of methoxy groups -OCH3 is 1. The van der Waals surface area contributed by atoms with E-state index in [1.54, 1.807) is 0 Å². The number of anilines is 1. The second-order valence-corrected chi connectivity index (χ2v) is 5.99. The molecule has 0 unspecified atom stereocenters. The molecule has 2 aromatic carbocycles. The fourth-order valence-electron chi connectivity index (χ4n) is 2.50. The van der Waals surface area contributed by atoms with Crippen LogP contribution in [0.25, 0.3) is 6.08 Å². The number of carbonyl (C=O) groups excluding carboxylic acids is 2. The highest BCUT2D eigenvalue weighted by Gasteiger charge is 2.35. The Bertz CT molecular complexity index is 1060. The molecule has 0 saturated carbocycles. The number of non-ortho nitro benzene ring substituents is 1. The van der Waals surface area contributed by atoms with Crippen molar-refractivity contribution in [3.05, 3.63) is 62.4 Å². The number of phenols is 1. The zero-order chi connectivity index (χ0) is 20.6. The van der Waals surface area contributed by atoms with Gasteiger partial charge in [0, 0.05) is 11.6 Å². The van der Waals surface area contributed by atoms with Crippen molar-refractivity contribution in [3.8, 4) is 11.5 Å². The summed E-state index contributed by atoms with van der Waals surface area (Å²) in [7, 11) is 1.20. The molecule has 0 aromatic heterocycles. The van der Waals surface area contributed by atoms with Gasteiger partial charge in [-0.05, 0) is 24.3 Å². The Hall–Kier alpha value is -3.66. The largest absolute Gasteiger partial charge is 0.504 e. The molecule has 0 aliphatic carbocycles. The highest BCUT2D eigenvalue weighted by atomic mass is 35.5. The number of nitrogens with zero attached hydrogens (tertiary/aromatic N) is 2. The highest BCUT2D eigenvalue weighted by molar-refractivity contribution is 6.33. The number of benzene rings is 2. The number of ether oxygens (including phenoxy) is 1. The van der Waals surface area contributed by atoms with Crippen LogP contribution in [-0.4, -0.2) is 29.0 Å². The van der Waals surface area contributed by atoms with E-state index in [1.807, 2.05) is 0 Å². The predicted octanol–water partition coefficient (Wildman–Crippen LogP) is 2.56. The molecular formula is C17H11ClFN3O6. The van der Waals surface area contributed by atoms with Gasteiger partial charge in [0.1, 0.15) is 11.4 Å². The van der Waals surface area contributed by atoms with Gasteiger partial charge in [-0.25, -0.2) is 9.40 Å². The molecule has 2 aromatic rings. The summed E-state index contributed by atoms with van der Waals surface area (Å²) in [4.78, 5) is 35.1. The third-order valence-corrected chi connectivity index (χ3v) is 4.16. The van der Waals surface area contributed by atoms with E-state index in [-0.39, 0.29) is 22.0 Å². The summed E-state index contributed by atoms with van der Waals surface area (Å²) in [6.07, 6.45) is 0.994. The van der Waals surface area contributed by atoms with Crippen LogP contribution in [0.4, 0.5) is 15.8 Å². The van der Waals surface area contributed by atoms with Gasteiger partial charge in [-0.2, -0.15) is 0 Å². The molecule has 1 aliphatic heterocycles. The monoisotopic (exact) mass is 407 g/mol. The van der Waals surface area contributed by atoms with Crippen LogP contribution in [0.5, 0.6) is 11.5 Å². The Kier molecular flexibility index (Phi) is 4.89. The molecule has 1 heterocycles. The van der Waals surface area contributed by atoms with E-state index in [0.29, 0.717) is 0 Å². The fourth-order valence-corrected chi connectivity index (χ4v) is 2.68. The van der Waals surface area contributed by atoms with Crippen LogP contribution in [0.2, 0.25) is 5.02 Å². The van der Waals surface area contributed by atoms with E-state index in [1.165, 1.54) is 13.2 Å². The number of rotatable bonds is 4. The number of hydrogen-bond donors (Lipinski definition) is 2. The highest BCUT2D eigenvalue weighted by Crippen LogP contribution is 2.36. The van der Waals surface area contributed by atoms with Crippen LogP contribution < -0.4 is 15.2 Å². The standard InChI is InChI=1S/C17H11ClFN3O6/c1-28-14-7-10(22(26)27)4-8(15(14)23)5-11-16(24)20-21(17(11)25)9-2-3-13(19)12(18)6-9/h2-7,23H,1H3,(H,20,24)/b11-5-. The van der Waals surface area contributed by atoms with Gasteiger partial charge in [0.25, 0.3) is 17.5 Å². The van der Waals surface area contributed by atoms with Gasteiger partial charge in [0.15, 0.2) is 11.5 Å². The lowest BCUT2D eigenvalue weighted by molar-refractivity contribution is -0.385. The van der Waals surface area contributed by atoms with E-state index in [9.17, 15) is 29.2 Å². The fraction of sp³-hybridized carbons (Fsp3) is 0.0588. The Morgan fingerprint density at radius 2 is 2.04 bits per heavy atom. The Labute approximate surface area is 161 Å². The number of nitro groups is 1. The van der Waals surface area contributed by atoms with Crippen LogP contribution in [0, 0.1) is 15.9 Å². The van der Waals surface area contributed by atoms with Crippen LogP contribution >= 0.6 is 11.6 Å². The minimum atomic E-state index is -0.824. The number of hydrogen-bond acceptors (Lipinski definition) is 6. The SMILES string of the molecule is COc1cc([N+](=O)[O-])cc(/C=C2/C(=O)NN(c3ccc(F)c(Cl)c3)C2=O)c1O. The number of amides is 2. The molecule has 28 heavy (non-hydrogen) atoms. The number of halogens is 2. The zero-order valence-corrected chi connectivity index (χ0v) is 14.9. The van der Waals surface area contributed by atoms with Crippen molar-refractivity contribution in [1.82, 2.24) is 5.43 Å². The molecule has 11 heteroatoms. The smallest absolute Gasteiger partial charge is 0.282 e. The van der Waals surface area contributed by atoms with Crippen molar-refractivity contribution in [1.29, 1.82) is 0 Å². The van der Waals surface area contributed by atoms with Crippen LogP contribution in [0.15, 0.2) is 35.9 Å². The lowest BCUT2D eigenvalue weighted by Crippen LogP contribution is -2.35. The summed E-state index contributed by atoms with van der Waals surface area (Å²) in [5.41, 5.74) is 1.40. The van der Waals surface area contributed by atoms with Gasteiger partial charge in [-0.15, -0.1) is 0 Å². The second kappa shape index (κ2) is 7.16. The van der Waals surface area contributed by atoms with Crippen molar-refractivity contribution in [3.63, 3.8) is 0 Å². The number of nitro benzene ring substituents is 1. The average Bonchev–Trinajstić information content (AvgIpc) is 2.93. The molecule has 0 spiro atoms. The summed E-state index contributed by atoms with van der Waals surface area (Å²) < 4.78 is 18.2. The molecule has 2 N–H and O–H groups in total. The molecule has 1 fully saturated rings. The van der Waals surface area contributed by atoms with Gasteiger partial charge in [0.2, 0.25) is 0 Å². The van der Waals surface area contributed by atoms with Gasteiger partial charge in [-0.3, -0.25) is 25.1 Å². The van der Waals surface area contributed by atoms with E-state index in [0.717, 1.165) is 35.4 Å². The predicted molar refractivity (Wildman–Crippen MR) is 96.3 cm³/mol. The molecule has 1 saturated heterocycles. The first-order valence-corrected chi connectivity index (χ1v) is 7.98. The Morgan fingerprint density at radius 3 is 2.64 bits per heavy atom. The average molecular weight is 408 g/mol. The molecule has 1 aliphatic rings. The number of phenolic OH excluding ortho intramolecular Hbond substituents is 1. The maximum Gasteiger partial charge on any atom is 0.282 e. The number of aromatic hydroxyl groups is 1. The maximum atomic E-state index is 13.3. The first kappa shape index (κ1) is 19.1. The van der Waals surface area contributed by atoms with Gasteiger partial charge < -0.3 is 9.84 Å². The number of hydrazine groups is 1. The third kappa shape index (κ3) is 3.32. The summed E-state index contributed by atoms with van der Waals surface area (Å²) in [6.45, 7) is 0. The quantitative estimate of drug-likeness (QED) is 0.347. The van der Waals surface area contributed by atoms with E-state index in [2.05, 4.69) is 5.43 Å². The summed E-state index contributed by atoms with van der Waals surface area (Å²) in [5, 5.41) is 21.8. The molecule has 0 atom stereocenters. The van der Waals surface area contributed by atoms with Crippen LogP contribution in [0.1, 0.15) is 5.56 Å². The summed E-state index contributed by atoms with van der Waals surface area (Å²) in [6, 6.07) is 5.39. The molecule has 2 amide bonds. The number of nitrogens with one attached hydrogen (secondary N) is 1. The molecule has 0 radical (unpaired) electrons.